The highest BCUT2D eigenvalue weighted by atomic mass is 19.1. The summed E-state index contributed by atoms with van der Waals surface area (Å²) >= 11 is 0. The van der Waals surface area contributed by atoms with Crippen LogP contribution in [0.2, 0.25) is 0 Å². The first kappa shape index (κ1) is 14.6. The summed E-state index contributed by atoms with van der Waals surface area (Å²) in [5, 5.41) is 11.5. The molecular formula is C14H20FNO2. The second-order valence-corrected chi connectivity index (χ2v) is 4.99. The highest BCUT2D eigenvalue weighted by Gasteiger charge is 2.21. The number of hydrogen-bond acceptors (Lipinski definition) is 2. The zero-order valence-electron chi connectivity index (χ0n) is 10.9. The Kier molecular flexibility index (Phi) is 5.28. The van der Waals surface area contributed by atoms with Crippen molar-refractivity contribution in [2.45, 2.75) is 32.1 Å². The van der Waals surface area contributed by atoms with Crippen molar-refractivity contribution >= 4 is 5.91 Å². The zero-order valence-corrected chi connectivity index (χ0v) is 10.9. The maximum Gasteiger partial charge on any atom is 0.220 e. The van der Waals surface area contributed by atoms with Crippen LogP contribution in [0.3, 0.4) is 0 Å². The van der Waals surface area contributed by atoms with Gasteiger partial charge in [0.15, 0.2) is 0 Å². The molecule has 1 aromatic carbocycles. The first-order chi connectivity index (χ1) is 8.45. The van der Waals surface area contributed by atoms with Crippen LogP contribution in [0.25, 0.3) is 0 Å². The first-order valence-electron chi connectivity index (χ1n) is 6.09. The minimum absolute atomic E-state index is 0.0226. The third-order valence-electron chi connectivity index (χ3n) is 2.92. The van der Waals surface area contributed by atoms with E-state index in [-0.39, 0.29) is 23.7 Å². The van der Waals surface area contributed by atoms with Crippen LogP contribution in [0, 0.1) is 5.82 Å². The fraction of sp³-hybridized carbons (Fsp3) is 0.500. The molecular weight excluding hydrogens is 233 g/mol. The van der Waals surface area contributed by atoms with Crippen molar-refractivity contribution in [3.63, 3.8) is 0 Å². The number of halogens is 1. The van der Waals surface area contributed by atoms with Crippen LogP contribution in [0.4, 0.5) is 4.39 Å². The summed E-state index contributed by atoms with van der Waals surface area (Å²) in [6, 6.07) is 6.31. The summed E-state index contributed by atoms with van der Waals surface area (Å²) < 4.78 is 12.8. The lowest BCUT2D eigenvalue weighted by molar-refractivity contribution is -0.121. The average Bonchev–Trinajstić information content (AvgIpc) is 2.34. The van der Waals surface area contributed by atoms with E-state index in [0.717, 1.165) is 5.56 Å². The summed E-state index contributed by atoms with van der Waals surface area (Å²) in [5.41, 5.74) is 0.731. The second-order valence-electron chi connectivity index (χ2n) is 4.99. The van der Waals surface area contributed by atoms with Gasteiger partial charge in [-0.1, -0.05) is 26.0 Å². The quantitative estimate of drug-likeness (QED) is 0.814. The smallest absolute Gasteiger partial charge is 0.220 e. The highest BCUT2D eigenvalue weighted by molar-refractivity contribution is 5.75. The van der Waals surface area contributed by atoms with E-state index < -0.39 is 0 Å². The van der Waals surface area contributed by atoms with Crippen molar-refractivity contribution in [1.29, 1.82) is 0 Å². The summed E-state index contributed by atoms with van der Waals surface area (Å²) in [4.78, 5) is 11.5. The summed E-state index contributed by atoms with van der Waals surface area (Å²) in [6.07, 6.45) is 0.804. The van der Waals surface area contributed by atoms with Crippen LogP contribution in [-0.2, 0) is 10.2 Å². The van der Waals surface area contributed by atoms with Gasteiger partial charge in [-0.05, 0) is 24.1 Å². The minimum atomic E-state index is -0.262. The van der Waals surface area contributed by atoms with E-state index in [2.05, 4.69) is 5.32 Å². The Bertz CT molecular complexity index is 387. The van der Waals surface area contributed by atoms with Gasteiger partial charge in [0.1, 0.15) is 5.82 Å². The first-order valence-corrected chi connectivity index (χ1v) is 6.09. The van der Waals surface area contributed by atoms with Gasteiger partial charge in [-0.3, -0.25) is 4.79 Å². The molecule has 1 aromatic rings. The van der Waals surface area contributed by atoms with E-state index in [4.69, 9.17) is 5.11 Å². The molecule has 18 heavy (non-hydrogen) atoms. The van der Waals surface area contributed by atoms with Crippen molar-refractivity contribution in [3.8, 4) is 0 Å². The Labute approximate surface area is 107 Å². The molecule has 0 aliphatic rings. The number of hydrogen-bond donors (Lipinski definition) is 2. The van der Waals surface area contributed by atoms with Crippen molar-refractivity contribution < 1.29 is 14.3 Å². The molecule has 0 aromatic heterocycles. The molecule has 0 saturated carbocycles. The molecule has 0 radical (unpaired) electrons. The number of carbonyl (C=O) groups excluding carboxylic acids is 1. The van der Waals surface area contributed by atoms with Crippen molar-refractivity contribution in [1.82, 2.24) is 5.32 Å². The van der Waals surface area contributed by atoms with E-state index >= 15 is 0 Å². The second kappa shape index (κ2) is 6.50. The van der Waals surface area contributed by atoms with E-state index in [1.165, 1.54) is 12.1 Å². The number of aliphatic hydroxyl groups excluding tert-OH is 1. The molecule has 3 nitrogen and oxygen atoms in total. The molecule has 1 rings (SSSR count). The predicted octanol–water partition coefficient (Wildman–Crippen LogP) is 1.99. The van der Waals surface area contributed by atoms with E-state index in [1.54, 1.807) is 12.1 Å². The van der Waals surface area contributed by atoms with Crippen LogP contribution in [0.1, 0.15) is 32.3 Å². The maximum atomic E-state index is 12.8. The Morgan fingerprint density at radius 3 is 2.50 bits per heavy atom. The lowest BCUT2D eigenvalue weighted by Crippen LogP contribution is -2.36. The lowest BCUT2D eigenvalue weighted by atomic mass is 9.84. The summed E-state index contributed by atoms with van der Waals surface area (Å²) in [7, 11) is 0. The van der Waals surface area contributed by atoms with Crippen LogP contribution in [0.5, 0.6) is 0 Å². The number of carbonyl (C=O) groups is 1. The number of nitrogens with one attached hydrogen (secondary N) is 1. The van der Waals surface area contributed by atoms with Gasteiger partial charge in [0.25, 0.3) is 0 Å². The molecule has 0 atom stereocenters. The van der Waals surface area contributed by atoms with Crippen LogP contribution < -0.4 is 5.32 Å². The lowest BCUT2D eigenvalue weighted by Gasteiger charge is -2.25. The normalized spacial score (nSPS) is 11.3. The van der Waals surface area contributed by atoms with Crippen molar-refractivity contribution in [2.75, 3.05) is 13.2 Å². The molecule has 0 heterocycles. The summed E-state index contributed by atoms with van der Waals surface area (Å²) in [6.45, 7) is 4.50. The van der Waals surface area contributed by atoms with Gasteiger partial charge >= 0.3 is 0 Å². The Morgan fingerprint density at radius 2 is 1.94 bits per heavy atom. The number of rotatable bonds is 6. The molecule has 4 heteroatoms. The van der Waals surface area contributed by atoms with Crippen molar-refractivity contribution in [2.24, 2.45) is 0 Å². The molecule has 0 aliphatic carbocycles. The van der Waals surface area contributed by atoms with Crippen LogP contribution in [-0.4, -0.2) is 24.2 Å². The fourth-order valence-corrected chi connectivity index (χ4v) is 1.65. The molecule has 0 spiro atoms. The van der Waals surface area contributed by atoms with Crippen LogP contribution in [0.15, 0.2) is 24.3 Å². The minimum Gasteiger partial charge on any atom is -0.396 e. The third kappa shape index (κ3) is 4.45. The fourth-order valence-electron chi connectivity index (χ4n) is 1.65. The third-order valence-corrected chi connectivity index (χ3v) is 2.92. The molecule has 0 saturated heterocycles. The van der Waals surface area contributed by atoms with Gasteiger partial charge in [-0.25, -0.2) is 4.39 Å². The monoisotopic (exact) mass is 253 g/mol. The predicted molar refractivity (Wildman–Crippen MR) is 68.8 cm³/mol. The van der Waals surface area contributed by atoms with Gasteiger partial charge in [0.05, 0.1) is 0 Å². The van der Waals surface area contributed by atoms with E-state index in [9.17, 15) is 9.18 Å². The van der Waals surface area contributed by atoms with Gasteiger partial charge in [0.2, 0.25) is 5.91 Å². The topological polar surface area (TPSA) is 49.3 Å². The van der Waals surface area contributed by atoms with E-state index in [1.807, 2.05) is 13.8 Å². The molecule has 0 fully saturated rings. The molecule has 0 unspecified atom stereocenters. The van der Waals surface area contributed by atoms with Crippen molar-refractivity contribution in [3.05, 3.63) is 35.6 Å². The van der Waals surface area contributed by atoms with Gasteiger partial charge in [0, 0.05) is 25.0 Å². The maximum absolute atomic E-state index is 12.8. The number of aliphatic hydroxyl groups is 1. The average molecular weight is 253 g/mol. The van der Waals surface area contributed by atoms with Gasteiger partial charge in [-0.15, -0.1) is 0 Å². The number of benzene rings is 1. The van der Waals surface area contributed by atoms with E-state index in [0.29, 0.717) is 19.4 Å². The Hall–Kier alpha value is -1.42. The molecule has 0 bridgehead atoms. The number of amides is 1. The van der Waals surface area contributed by atoms with Gasteiger partial charge < -0.3 is 10.4 Å². The Balaban J connectivity index is 2.54. The molecule has 100 valence electrons. The van der Waals surface area contributed by atoms with Gasteiger partial charge in [-0.2, -0.15) is 0 Å². The van der Waals surface area contributed by atoms with Crippen LogP contribution >= 0.6 is 0 Å². The summed E-state index contributed by atoms with van der Waals surface area (Å²) in [5.74, 6) is -0.333. The molecule has 2 N–H and O–H groups in total. The largest absolute Gasteiger partial charge is 0.396 e. The highest BCUT2D eigenvalue weighted by Crippen LogP contribution is 2.22. The Morgan fingerprint density at radius 1 is 1.33 bits per heavy atom. The molecule has 0 aliphatic heterocycles. The SMILES string of the molecule is CC(C)(CNC(=O)CCCO)c1ccc(F)cc1. The zero-order chi connectivity index (χ0) is 13.6. The molecule has 1 amide bonds. The standard InChI is InChI=1S/C14H20FNO2/c1-14(2,10-16-13(18)4-3-9-17)11-5-7-12(15)8-6-11/h5-8,17H,3-4,9-10H2,1-2H3,(H,16,18).